The molecule has 0 aliphatic carbocycles. The fourth-order valence-corrected chi connectivity index (χ4v) is 4.13. The standard InChI is InChI=1S/C23H23NO4S/c1-29(26,27)28-15-18(14-25)24-13-17-12-23-19-7-3-2-6-16(19)10-11-22(23)21-9-5-4-8-20(17)21/h2-12,18,24-25H,13-15H2,1H3. The van der Waals surface area contributed by atoms with Gasteiger partial charge in [0.2, 0.25) is 0 Å². The molecule has 6 heteroatoms. The molecule has 4 aromatic carbocycles. The average Bonchev–Trinajstić information content (AvgIpc) is 2.72. The van der Waals surface area contributed by atoms with Gasteiger partial charge in [-0.2, -0.15) is 8.42 Å². The van der Waals surface area contributed by atoms with Crippen LogP contribution in [0.25, 0.3) is 32.3 Å². The summed E-state index contributed by atoms with van der Waals surface area (Å²) < 4.78 is 27.3. The summed E-state index contributed by atoms with van der Waals surface area (Å²) in [6.45, 7) is 0.158. The maximum atomic E-state index is 11.2. The molecule has 0 saturated carbocycles. The highest BCUT2D eigenvalue weighted by molar-refractivity contribution is 7.85. The third kappa shape index (κ3) is 4.26. The molecule has 29 heavy (non-hydrogen) atoms. The van der Waals surface area contributed by atoms with Crippen molar-refractivity contribution in [1.82, 2.24) is 5.32 Å². The third-order valence-electron chi connectivity index (χ3n) is 5.14. The highest BCUT2D eigenvalue weighted by Gasteiger charge is 2.13. The normalized spacial score (nSPS) is 13.3. The van der Waals surface area contributed by atoms with Crippen molar-refractivity contribution >= 4 is 42.4 Å². The maximum Gasteiger partial charge on any atom is 0.264 e. The van der Waals surface area contributed by atoms with E-state index in [0.717, 1.165) is 17.2 Å². The molecule has 0 spiro atoms. The fourth-order valence-electron chi connectivity index (χ4n) is 3.72. The van der Waals surface area contributed by atoms with E-state index in [1.165, 1.54) is 26.9 Å². The van der Waals surface area contributed by atoms with E-state index in [1.54, 1.807) is 0 Å². The molecular formula is C23H23NO4S. The Morgan fingerprint density at radius 2 is 1.55 bits per heavy atom. The summed E-state index contributed by atoms with van der Waals surface area (Å²) in [6.07, 6.45) is 1.00. The van der Waals surface area contributed by atoms with Gasteiger partial charge in [-0.3, -0.25) is 4.18 Å². The smallest absolute Gasteiger partial charge is 0.264 e. The number of benzene rings is 4. The predicted octanol–water partition coefficient (Wildman–Crippen LogP) is 3.57. The lowest BCUT2D eigenvalue weighted by Crippen LogP contribution is -2.37. The van der Waals surface area contributed by atoms with Crippen LogP contribution in [0.2, 0.25) is 0 Å². The lowest BCUT2D eigenvalue weighted by molar-refractivity contribution is 0.186. The molecule has 5 nitrogen and oxygen atoms in total. The first-order valence-corrected chi connectivity index (χ1v) is 11.3. The molecule has 0 amide bonds. The number of rotatable bonds is 7. The zero-order valence-electron chi connectivity index (χ0n) is 16.1. The van der Waals surface area contributed by atoms with Crippen molar-refractivity contribution in [2.45, 2.75) is 12.6 Å². The van der Waals surface area contributed by atoms with Crippen LogP contribution < -0.4 is 5.32 Å². The Hall–Kier alpha value is -2.51. The number of hydrogen-bond acceptors (Lipinski definition) is 5. The number of nitrogens with one attached hydrogen (secondary N) is 1. The monoisotopic (exact) mass is 409 g/mol. The van der Waals surface area contributed by atoms with Gasteiger partial charge in [0, 0.05) is 6.54 Å². The summed E-state index contributed by atoms with van der Waals surface area (Å²) in [6, 6.07) is 22.6. The molecular weight excluding hydrogens is 386 g/mol. The van der Waals surface area contributed by atoms with Crippen LogP contribution >= 0.6 is 0 Å². The van der Waals surface area contributed by atoms with Crippen molar-refractivity contribution in [3.63, 3.8) is 0 Å². The van der Waals surface area contributed by atoms with Gasteiger partial charge in [0.05, 0.1) is 25.5 Å². The molecule has 0 radical (unpaired) electrons. The second-order valence-electron chi connectivity index (χ2n) is 7.21. The molecule has 0 aliphatic heterocycles. The van der Waals surface area contributed by atoms with Crippen molar-refractivity contribution in [1.29, 1.82) is 0 Å². The Labute approximate surface area is 170 Å². The van der Waals surface area contributed by atoms with Crippen molar-refractivity contribution in [3.05, 3.63) is 72.3 Å². The fraction of sp³-hybridized carbons (Fsp3) is 0.217. The van der Waals surface area contributed by atoms with Crippen LogP contribution in [0, 0.1) is 0 Å². The molecule has 0 aromatic heterocycles. The number of aliphatic hydroxyl groups excluding tert-OH is 1. The van der Waals surface area contributed by atoms with E-state index in [4.69, 9.17) is 4.18 Å². The van der Waals surface area contributed by atoms with Gasteiger partial charge in [-0.15, -0.1) is 0 Å². The van der Waals surface area contributed by atoms with E-state index in [0.29, 0.717) is 6.54 Å². The molecule has 0 fully saturated rings. The van der Waals surface area contributed by atoms with Crippen molar-refractivity contribution in [3.8, 4) is 0 Å². The molecule has 0 bridgehead atoms. The third-order valence-corrected chi connectivity index (χ3v) is 5.70. The predicted molar refractivity (Wildman–Crippen MR) is 117 cm³/mol. The number of aliphatic hydroxyl groups is 1. The molecule has 4 rings (SSSR count). The quantitative estimate of drug-likeness (QED) is 0.361. The topological polar surface area (TPSA) is 75.6 Å². The summed E-state index contributed by atoms with van der Waals surface area (Å²) in [5.41, 5.74) is 1.09. The Morgan fingerprint density at radius 3 is 2.28 bits per heavy atom. The summed E-state index contributed by atoms with van der Waals surface area (Å²) in [5.74, 6) is 0. The Bertz CT molecular complexity index is 1280. The highest BCUT2D eigenvalue weighted by Crippen LogP contribution is 2.33. The molecule has 4 aromatic rings. The van der Waals surface area contributed by atoms with Gasteiger partial charge in [-0.25, -0.2) is 0 Å². The first-order valence-electron chi connectivity index (χ1n) is 9.47. The SMILES string of the molecule is CS(=O)(=O)OCC(CO)NCc1cc2c3ccccc3ccc2c2ccccc12. The first kappa shape index (κ1) is 19.8. The van der Waals surface area contributed by atoms with Gasteiger partial charge in [0.25, 0.3) is 10.1 Å². The molecule has 2 N–H and O–H groups in total. The average molecular weight is 410 g/mol. The molecule has 1 unspecified atom stereocenters. The highest BCUT2D eigenvalue weighted by atomic mass is 32.2. The van der Waals surface area contributed by atoms with E-state index >= 15 is 0 Å². The Balaban J connectivity index is 1.75. The molecule has 150 valence electrons. The molecule has 0 aliphatic rings. The summed E-state index contributed by atoms with van der Waals surface area (Å²) >= 11 is 0. The van der Waals surface area contributed by atoms with Crippen LogP contribution in [0.1, 0.15) is 5.56 Å². The zero-order chi connectivity index (χ0) is 20.4. The minimum atomic E-state index is -3.55. The molecule has 0 saturated heterocycles. The largest absolute Gasteiger partial charge is 0.395 e. The molecule has 1 atom stereocenters. The van der Waals surface area contributed by atoms with E-state index < -0.39 is 16.2 Å². The lowest BCUT2D eigenvalue weighted by Gasteiger charge is -2.18. The number of fused-ring (bicyclic) bond motifs is 5. The minimum absolute atomic E-state index is 0.107. The van der Waals surface area contributed by atoms with E-state index in [-0.39, 0.29) is 13.2 Å². The van der Waals surface area contributed by atoms with Crippen LogP contribution in [0.3, 0.4) is 0 Å². The second kappa shape index (κ2) is 8.08. The van der Waals surface area contributed by atoms with Crippen LogP contribution in [0.4, 0.5) is 0 Å². The van der Waals surface area contributed by atoms with Gasteiger partial charge in [-0.1, -0.05) is 60.7 Å². The Kier molecular flexibility index (Phi) is 5.52. The summed E-state index contributed by atoms with van der Waals surface area (Å²) in [4.78, 5) is 0. The summed E-state index contributed by atoms with van der Waals surface area (Å²) in [5, 5.41) is 19.9. The maximum absolute atomic E-state index is 11.2. The molecule has 0 heterocycles. The Morgan fingerprint density at radius 1 is 0.897 bits per heavy atom. The minimum Gasteiger partial charge on any atom is -0.395 e. The van der Waals surface area contributed by atoms with Crippen molar-refractivity contribution < 1.29 is 17.7 Å². The van der Waals surface area contributed by atoms with Gasteiger partial charge in [0.15, 0.2) is 0 Å². The van der Waals surface area contributed by atoms with Crippen molar-refractivity contribution in [2.75, 3.05) is 19.5 Å². The van der Waals surface area contributed by atoms with Gasteiger partial charge in [0.1, 0.15) is 0 Å². The van der Waals surface area contributed by atoms with Crippen LogP contribution in [0.15, 0.2) is 66.7 Å². The first-order chi connectivity index (χ1) is 14.0. The second-order valence-corrected chi connectivity index (χ2v) is 8.86. The number of hydrogen-bond donors (Lipinski definition) is 2. The van der Waals surface area contributed by atoms with Crippen LogP contribution in [-0.4, -0.2) is 39.0 Å². The van der Waals surface area contributed by atoms with E-state index in [9.17, 15) is 13.5 Å². The van der Waals surface area contributed by atoms with Gasteiger partial charge < -0.3 is 10.4 Å². The lowest BCUT2D eigenvalue weighted by atomic mass is 9.93. The van der Waals surface area contributed by atoms with Gasteiger partial charge >= 0.3 is 0 Å². The van der Waals surface area contributed by atoms with E-state index in [1.807, 2.05) is 24.3 Å². The van der Waals surface area contributed by atoms with Gasteiger partial charge in [-0.05, 0) is 43.9 Å². The van der Waals surface area contributed by atoms with Crippen molar-refractivity contribution in [2.24, 2.45) is 0 Å². The summed E-state index contributed by atoms with van der Waals surface area (Å²) in [7, 11) is -3.55. The zero-order valence-corrected chi connectivity index (χ0v) is 16.9. The van der Waals surface area contributed by atoms with Crippen LogP contribution in [-0.2, 0) is 20.8 Å². The van der Waals surface area contributed by atoms with E-state index in [2.05, 4.69) is 47.8 Å². The van der Waals surface area contributed by atoms with Crippen LogP contribution in [0.5, 0.6) is 0 Å².